The molecule has 0 spiro atoms. The second-order valence-corrected chi connectivity index (χ2v) is 7.64. The average molecular weight is 442 g/mol. The molecule has 1 aliphatic rings. The first kappa shape index (κ1) is 21.7. The SMILES string of the molecule is O=C(NCCCN1CCCC1=O)c1nn(Cc2ccc(OC(F)F)cc2)c2ccccc12. The summed E-state index contributed by atoms with van der Waals surface area (Å²) in [4.78, 5) is 26.3. The van der Waals surface area contributed by atoms with E-state index < -0.39 is 6.61 Å². The molecule has 2 heterocycles. The second-order valence-electron chi connectivity index (χ2n) is 7.64. The highest BCUT2D eigenvalue weighted by Gasteiger charge is 2.20. The Kier molecular flexibility index (Phi) is 6.63. The molecular formula is C23H24F2N4O3. The van der Waals surface area contributed by atoms with Gasteiger partial charge in [-0.3, -0.25) is 14.3 Å². The van der Waals surface area contributed by atoms with Crippen LogP contribution in [-0.2, 0) is 11.3 Å². The van der Waals surface area contributed by atoms with Gasteiger partial charge in [-0.05, 0) is 36.6 Å². The van der Waals surface area contributed by atoms with Crippen LogP contribution >= 0.6 is 0 Å². The summed E-state index contributed by atoms with van der Waals surface area (Å²) in [6.45, 7) is -0.612. The molecule has 2 amide bonds. The number of amides is 2. The molecule has 1 N–H and O–H groups in total. The monoisotopic (exact) mass is 442 g/mol. The van der Waals surface area contributed by atoms with Crippen molar-refractivity contribution in [1.82, 2.24) is 20.0 Å². The molecule has 9 heteroatoms. The van der Waals surface area contributed by atoms with Crippen LogP contribution < -0.4 is 10.1 Å². The molecule has 0 aliphatic carbocycles. The number of carbonyl (C=O) groups is 2. The number of ether oxygens (including phenoxy) is 1. The van der Waals surface area contributed by atoms with Crippen molar-refractivity contribution in [3.63, 3.8) is 0 Å². The summed E-state index contributed by atoms with van der Waals surface area (Å²) in [6, 6.07) is 13.8. The minimum atomic E-state index is -2.87. The van der Waals surface area contributed by atoms with Crippen LogP contribution in [0.1, 0.15) is 35.3 Å². The van der Waals surface area contributed by atoms with Crippen LogP contribution in [0.15, 0.2) is 48.5 Å². The lowest BCUT2D eigenvalue weighted by molar-refractivity contribution is -0.127. The predicted octanol–water partition coefficient (Wildman–Crippen LogP) is 3.43. The van der Waals surface area contributed by atoms with Gasteiger partial charge < -0.3 is 15.0 Å². The quantitative estimate of drug-likeness (QED) is 0.515. The van der Waals surface area contributed by atoms with Gasteiger partial charge in [0.25, 0.3) is 5.91 Å². The van der Waals surface area contributed by atoms with E-state index in [1.165, 1.54) is 12.1 Å². The molecular weight excluding hydrogens is 418 g/mol. The molecule has 0 radical (unpaired) electrons. The molecule has 4 rings (SSSR count). The van der Waals surface area contributed by atoms with E-state index in [-0.39, 0.29) is 17.6 Å². The number of halogens is 2. The zero-order valence-corrected chi connectivity index (χ0v) is 17.5. The van der Waals surface area contributed by atoms with Gasteiger partial charge in [-0.2, -0.15) is 13.9 Å². The number of benzene rings is 2. The highest BCUT2D eigenvalue weighted by molar-refractivity contribution is 6.04. The molecule has 0 atom stereocenters. The summed E-state index contributed by atoms with van der Waals surface area (Å²) in [6.07, 6.45) is 2.19. The first-order valence-corrected chi connectivity index (χ1v) is 10.6. The van der Waals surface area contributed by atoms with Gasteiger partial charge in [-0.1, -0.05) is 30.3 Å². The van der Waals surface area contributed by atoms with Crippen LogP contribution in [0, 0.1) is 0 Å². The zero-order chi connectivity index (χ0) is 22.5. The van der Waals surface area contributed by atoms with E-state index in [4.69, 9.17) is 0 Å². The van der Waals surface area contributed by atoms with Crippen LogP contribution in [-0.4, -0.2) is 52.7 Å². The maximum Gasteiger partial charge on any atom is 0.387 e. The normalized spacial score (nSPS) is 13.8. The number of hydrogen-bond donors (Lipinski definition) is 1. The summed E-state index contributed by atoms with van der Waals surface area (Å²) in [5.74, 6) is -0.00647. The molecule has 1 saturated heterocycles. The van der Waals surface area contributed by atoms with E-state index >= 15 is 0 Å². The van der Waals surface area contributed by atoms with E-state index in [9.17, 15) is 18.4 Å². The summed E-state index contributed by atoms with van der Waals surface area (Å²) < 4.78 is 30.8. The number of aromatic nitrogens is 2. The maximum atomic E-state index is 12.8. The summed E-state index contributed by atoms with van der Waals surface area (Å²) in [7, 11) is 0. The number of alkyl halides is 2. The summed E-state index contributed by atoms with van der Waals surface area (Å²) >= 11 is 0. The predicted molar refractivity (Wildman–Crippen MR) is 115 cm³/mol. The van der Waals surface area contributed by atoms with Crippen molar-refractivity contribution in [2.75, 3.05) is 19.6 Å². The fourth-order valence-electron chi connectivity index (χ4n) is 3.86. The number of para-hydroxylation sites is 1. The molecule has 0 unspecified atom stereocenters. The lowest BCUT2D eigenvalue weighted by Crippen LogP contribution is -2.31. The number of nitrogens with one attached hydrogen (secondary N) is 1. The van der Waals surface area contributed by atoms with Crippen molar-refractivity contribution in [3.8, 4) is 5.75 Å². The third-order valence-electron chi connectivity index (χ3n) is 5.42. The third kappa shape index (κ3) is 5.04. The Balaban J connectivity index is 1.42. The standard InChI is InChI=1S/C23H24F2N4O3/c24-23(25)32-17-10-8-16(9-11-17)15-29-19-6-2-1-5-18(19)21(27-29)22(31)26-12-4-14-28-13-3-7-20(28)30/h1-2,5-6,8-11,23H,3-4,7,12-15H2,(H,26,31). The van der Waals surface area contributed by atoms with Crippen LogP contribution in [0.25, 0.3) is 10.9 Å². The van der Waals surface area contributed by atoms with Crippen molar-refractivity contribution >= 4 is 22.7 Å². The van der Waals surface area contributed by atoms with Gasteiger partial charge in [0.1, 0.15) is 5.75 Å². The topological polar surface area (TPSA) is 76.5 Å². The Morgan fingerprint density at radius 2 is 1.94 bits per heavy atom. The molecule has 7 nitrogen and oxygen atoms in total. The van der Waals surface area contributed by atoms with Gasteiger partial charge in [0.05, 0.1) is 12.1 Å². The van der Waals surface area contributed by atoms with Gasteiger partial charge >= 0.3 is 6.61 Å². The molecule has 32 heavy (non-hydrogen) atoms. The van der Waals surface area contributed by atoms with Crippen molar-refractivity contribution in [1.29, 1.82) is 0 Å². The minimum absolute atomic E-state index is 0.0878. The number of likely N-dealkylation sites (tertiary alicyclic amines) is 1. The van der Waals surface area contributed by atoms with Crippen molar-refractivity contribution in [3.05, 3.63) is 59.8 Å². The lowest BCUT2D eigenvalue weighted by atomic mass is 10.2. The highest BCUT2D eigenvalue weighted by Crippen LogP contribution is 2.21. The molecule has 1 fully saturated rings. The molecule has 1 aliphatic heterocycles. The summed E-state index contributed by atoms with van der Waals surface area (Å²) in [5, 5.41) is 8.14. The van der Waals surface area contributed by atoms with Crippen LogP contribution in [0.5, 0.6) is 5.75 Å². The Labute approximate surface area is 183 Å². The molecule has 0 saturated carbocycles. The first-order valence-electron chi connectivity index (χ1n) is 10.6. The average Bonchev–Trinajstić information content (AvgIpc) is 3.36. The van der Waals surface area contributed by atoms with Gasteiger partial charge in [0, 0.05) is 31.4 Å². The Hall–Kier alpha value is -3.49. The fourth-order valence-corrected chi connectivity index (χ4v) is 3.86. The molecule has 168 valence electrons. The van der Waals surface area contributed by atoms with E-state index in [0.717, 1.165) is 29.4 Å². The minimum Gasteiger partial charge on any atom is -0.435 e. The second kappa shape index (κ2) is 9.76. The van der Waals surface area contributed by atoms with Gasteiger partial charge in [-0.15, -0.1) is 0 Å². The number of fused-ring (bicyclic) bond motifs is 1. The molecule has 0 bridgehead atoms. The molecule has 2 aromatic carbocycles. The van der Waals surface area contributed by atoms with Crippen molar-refractivity contribution < 1.29 is 23.1 Å². The van der Waals surface area contributed by atoms with Crippen LogP contribution in [0.4, 0.5) is 8.78 Å². The van der Waals surface area contributed by atoms with Gasteiger partial charge in [0.2, 0.25) is 5.91 Å². The van der Waals surface area contributed by atoms with E-state index in [1.54, 1.807) is 16.8 Å². The van der Waals surface area contributed by atoms with Crippen molar-refractivity contribution in [2.24, 2.45) is 0 Å². The van der Waals surface area contributed by atoms with E-state index in [2.05, 4.69) is 15.2 Å². The number of nitrogens with zero attached hydrogens (tertiary/aromatic N) is 3. The number of rotatable bonds is 9. The van der Waals surface area contributed by atoms with Crippen molar-refractivity contribution in [2.45, 2.75) is 32.4 Å². The Morgan fingerprint density at radius 1 is 1.16 bits per heavy atom. The Bertz CT molecular complexity index is 1100. The number of hydrogen-bond acceptors (Lipinski definition) is 4. The molecule has 3 aromatic rings. The lowest BCUT2D eigenvalue weighted by Gasteiger charge is -2.15. The summed E-state index contributed by atoms with van der Waals surface area (Å²) in [5.41, 5.74) is 1.96. The van der Waals surface area contributed by atoms with Gasteiger partial charge in [0.15, 0.2) is 5.69 Å². The third-order valence-corrected chi connectivity index (χ3v) is 5.42. The largest absolute Gasteiger partial charge is 0.435 e. The molecule has 1 aromatic heterocycles. The smallest absolute Gasteiger partial charge is 0.387 e. The van der Waals surface area contributed by atoms with Gasteiger partial charge in [-0.25, -0.2) is 0 Å². The zero-order valence-electron chi connectivity index (χ0n) is 17.5. The van der Waals surface area contributed by atoms with Crippen LogP contribution in [0.3, 0.4) is 0 Å². The number of carbonyl (C=O) groups excluding carboxylic acids is 2. The Morgan fingerprint density at radius 3 is 2.66 bits per heavy atom. The van der Waals surface area contributed by atoms with E-state index in [1.807, 2.05) is 29.2 Å². The fraction of sp³-hybridized carbons (Fsp3) is 0.348. The van der Waals surface area contributed by atoms with E-state index in [0.29, 0.717) is 38.2 Å². The first-order chi connectivity index (χ1) is 15.5. The highest BCUT2D eigenvalue weighted by atomic mass is 19.3. The van der Waals surface area contributed by atoms with Crippen LogP contribution in [0.2, 0.25) is 0 Å². The maximum absolute atomic E-state index is 12.8.